The van der Waals surface area contributed by atoms with Crippen LogP contribution >= 0.6 is 11.8 Å². The van der Waals surface area contributed by atoms with E-state index < -0.39 is 0 Å². The fraction of sp³-hybridized carbons (Fsp3) is 1.00. The quantitative estimate of drug-likeness (QED) is 0.622. The Morgan fingerprint density at radius 2 is 1.55 bits per heavy atom. The van der Waals surface area contributed by atoms with Crippen LogP contribution in [0, 0.1) is 5.41 Å². The zero-order valence-corrected chi connectivity index (χ0v) is 9.64. The monoisotopic (exact) mass is 174 g/mol. The van der Waals surface area contributed by atoms with Crippen LogP contribution in [0.25, 0.3) is 0 Å². The van der Waals surface area contributed by atoms with Gasteiger partial charge in [0.15, 0.2) is 0 Å². The third-order valence-electron chi connectivity index (χ3n) is 3.02. The van der Waals surface area contributed by atoms with E-state index >= 15 is 0 Å². The van der Waals surface area contributed by atoms with Gasteiger partial charge in [0, 0.05) is 4.75 Å². The van der Waals surface area contributed by atoms with Crippen LogP contribution in [0.15, 0.2) is 0 Å². The molecule has 0 spiro atoms. The van der Waals surface area contributed by atoms with Crippen molar-refractivity contribution in [3.05, 3.63) is 0 Å². The molecule has 0 aliphatic heterocycles. The number of hydrogen-bond acceptors (Lipinski definition) is 1. The standard InChI is InChI=1S/C10H22S/c1-7-8-9(2,3)10(4,5)11-6/h7-8H2,1-6H3. The van der Waals surface area contributed by atoms with E-state index in [1.165, 1.54) is 12.8 Å². The maximum absolute atomic E-state index is 2.37. The van der Waals surface area contributed by atoms with Gasteiger partial charge in [-0.1, -0.05) is 41.0 Å². The summed E-state index contributed by atoms with van der Waals surface area (Å²) < 4.78 is 0.406. The van der Waals surface area contributed by atoms with Crippen LogP contribution in [0.1, 0.15) is 47.5 Å². The Morgan fingerprint density at radius 3 is 1.82 bits per heavy atom. The summed E-state index contributed by atoms with van der Waals surface area (Å²) in [7, 11) is 0. The topological polar surface area (TPSA) is 0 Å². The number of hydrogen-bond donors (Lipinski definition) is 0. The van der Waals surface area contributed by atoms with Gasteiger partial charge < -0.3 is 0 Å². The van der Waals surface area contributed by atoms with Crippen LogP contribution in [0.2, 0.25) is 0 Å². The average molecular weight is 174 g/mol. The third kappa shape index (κ3) is 2.70. The summed E-state index contributed by atoms with van der Waals surface area (Å²) in [5.74, 6) is 0. The highest BCUT2D eigenvalue weighted by atomic mass is 32.2. The number of rotatable bonds is 4. The van der Waals surface area contributed by atoms with Gasteiger partial charge in [-0.3, -0.25) is 0 Å². The second-order valence-electron chi connectivity index (χ2n) is 4.35. The maximum Gasteiger partial charge on any atom is 0.0151 e. The van der Waals surface area contributed by atoms with Gasteiger partial charge >= 0.3 is 0 Å². The molecular formula is C10H22S. The molecule has 0 heterocycles. The Labute approximate surface area is 76.1 Å². The average Bonchev–Trinajstić information content (AvgIpc) is 1.87. The van der Waals surface area contributed by atoms with Crippen molar-refractivity contribution in [1.82, 2.24) is 0 Å². The van der Waals surface area contributed by atoms with Gasteiger partial charge in [0.2, 0.25) is 0 Å². The van der Waals surface area contributed by atoms with Crippen molar-refractivity contribution in [3.8, 4) is 0 Å². The lowest BCUT2D eigenvalue weighted by Crippen LogP contribution is -2.35. The molecule has 0 bridgehead atoms. The minimum atomic E-state index is 0.406. The van der Waals surface area contributed by atoms with Crippen molar-refractivity contribution in [2.75, 3.05) is 6.26 Å². The Hall–Kier alpha value is 0.350. The van der Waals surface area contributed by atoms with Gasteiger partial charge in [-0.05, 0) is 18.1 Å². The summed E-state index contributed by atoms with van der Waals surface area (Å²) >= 11 is 1.97. The van der Waals surface area contributed by atoms with Crippen molar-refractivity contribution >= 4 is 11.8 Å². The van der Waals surface area contributed by atoms with Crippen LogP contribution < -0.4 is 0 Å². The van der Waals surface area contributed by atoms with Gasteiger partial charge in [-0.2, -0.15) is 11.8 Å². The Morgan fingerprint density at radius 1 is 1.09 bits per heavy atom. The number of thioether (sulfide) groups is 1. The molecule has 0 aromatic rings. The molecule has 68 valence electrons. The Bertz CT molecular complexity index is 114. The van der Waals surface area contributed by atoms with E-state index in [4.69, 9.17) is 0 Å². The first-order chi connectivity index (χ1) is 4.87. The van der Waals surface area contributed by atoms with Crippen LogP contribution in [0.5, 0.6) is 0 Å². The molecule has 0 aromatic carbocycles. The van der Waals surface area contributed by atoms with Crippen molar-refractivity contribution in [2.45, 2.75) is 52.2 Å². The maximum atomic E-state index is 2.37. The van der Waals surface area contributed by atoms with Gasteiger partial charge in [0.1, 0.15) is 0 Å². The lowest BCUT2D eigenvalue weighted by molar-refractivity contribution is 0.258. The predicted octanol–water partition coefficient (Wildman–Crippen LogP) is 3.95. The van der Waals surface area contributed by atoms with Crippen molar-refractivity contribution < 1.29 is 0 Å². The zero-order valence-electron chi connectivity index (χ0n) is 8.82. The van der Waals surface area contributed by atoms with E-state index in [1.54, 1.807) is 0 Å². The molecule has 0 aliphatic rings. The molecule has 11 heavy (non-hydrogen) atoms. The summed E-state index contributed by atoms with van der Waals surface area (Å²) in [6, 6.07) is 0. The third-order valence-corrected chi connectivity index (χ3v) is 4.59. The molecule has 0 fully saturated rings. The molecule has 0 aliphatic carbocycles. The zero-order chi connectivity index (χ0) is 9.12. The first-order valence-electron chi connectivity index (χ1n) is 4.42. The van der Waals surface area contributed by atoms with Crippen LogP contribution in [-0.2, 0) is 0 Å². The Balaban J connectivity index is 4.26. The molecule has 0 saturated heterocycles. The minimum absolute atomic E-state index is 0.406. The second-order valence-corrected chi connectivity index (χ2v) is 5.78. The van der Waals surface area contributed by atoms with Gasteiger partial charge in [0.25, 0.3) is 0 Å². The van der Waals surface area contributed by atoms with Gasteiger partial charge in [-0.25, -0.2) is 0 Å². The molecule has 0 saturated carbocycles. The van der Waals surface area contributed by atoms with E-state index in [-0.39, 0.29) is 0 Å². The Kier molecular flexibility index (Phi) is 3.96. The van der Waals surface area contributed by atoms with Crippen LogP contribution in [0.4, 0.5) is 0 Å². The summed E-state index contributed by atoms with van der Waals surface area (Å²) in [6.07, 6.45) is 4.81. The first-order valence-corrected chi connectivity index (χ1v) is 5.65. The highest BCUT2D eigenvalue weighted by molar-refractivity contribution is 7.99. The van der Waals surface area contributed by atoms with Crippen molar-refractivity contribution in [1.29, 1.82) is 0 Å². The lowest BCUT2D eigenvalue weighted by atomic mass is 9.77. The summed E-state index contributed by atoms with van der Waals surface area (Å²) in [5, 5.41) is 0. The fourth-order valence-electron chi connectivity index (χ4n) is 1.20. The predicted molar refractivity (Wildman–Crippen MR) is 56.3 cm³/mol. The smallest absolute Gasteiger partial charge is 0.0151 e. The summed E-state index contributed by atoms with van der Waals surface area (Å²) in [4.78, 5) is 0. The highest BCUT2D eigenvalue weighted by Gasteiger charge is 2.34. The van der Waals surface area contributed by atoms with E-state index in [9.17, 15) is 0 Å². The molecule has 1 heteroatoms. The molecule has 0 unspecified atom stereocenters. The van der Waals surface area contributed by atoms with E-state index in [2.05, 4.69) is 40.9 Å². The van der Waals surface area contributed by atoms with Crippen LogP contribution in [-0.4, -0.2) is 11.0 Å². The molecule has 0 rings (SSSR count). The summed E-state index contributed by atoms with van der Waals surface area (Å²) in [5.41, 5.74) is 0.459. The van der Waals surface area contributed by atoms with Gasteiger partial charge in [-0.15, -0.1) is 0 Å². The fourth-order valence-corrected chi connectivity index (χ4v) is 1.86. The molecule has 0 radical (unpaired) electrons. The summed E-state index contributed by atoms with van der Waals surface area (Å²) in [6.45, 7) is 11.7. The first kappa shape index (κ1) is 11.4. The van der Waals surface area contributed by atoms with Crippen molar-refractivity contribution in [3.63, 3.8) is 0 Å². The molecule has 0 N–H and O–H groups in total. The largest absolute Gasteiger partial charge is 0.159 e. The second kappa shape index (κ2) is 3.84. The SMILES string of the molecule is CCCC(C)(C)C(C)(C)SC. The van der Waals surface area contributed by atoms with E-state index in [0.717, 1.165) is 0 Å². The molecule has 0 atom stereocenters. The van der Waals surface area contributed by atoms with Gasteiger partial charge in [0.05, 0.1) is 0 Å². The molecule has 0 amide bonds. The normalized spacial score (nSPS) is 13.6. The van der Waals surface area contributed by atoms with Crippen LogP contribution in [0.3, 0.4) is 0 Å². The molecular weight excluding hydrogens is 152 g/mol. The van der Waals surface area contributed by atoms with E-state index in [0.29, 0.717) is 10.2 Å². The molecule has 0 nitrogen and oxygen atoms in total. The lowest BCUT2D eigenvalue weighted by Gasteiger charge is -2.40. The minimum Gasteiger partial charge on any atom is -0.159 e. The molecule has 0 aromatic heterocycles. The van der Waals surface area contributed by atoms with Crippen molar-refractivity contribution in [2.24, 2.45) is 5.41 Å². The van der Waals surface area contributed by atoms with E-state index in [1.807, 2.05) is 11.8 Å². The highest BCUT2D eigenvalue weighted by Crippen LogP contribution is 2.43.